The molecule has 1 heterocycles. The highest BCUT2D eigenvalue weighted by atomic mass is 32.1. The number of benzene rings is 1. The molecule has 2 rings (SSSR count). The van der Waals surface area contributed by atoms with E-state index < -0.39 is 0 Å². The number of fused-ring (bicyclic) bond motifs is 1. The summed E-state index contributed by atoms with van der Waals surface area (Å²) < 4.78 is 1.12. The van der Waals surface area contributed by atoms with Crippen LogP contribution in [0, 0.1) is 6.92 Å². The van der Waals surface area contributed by atoms with Gasteiger partial charge in [0.2, 0.25) is 0 Å². The summed E-state index contributed by atoms with van der Waals surface area (Å²) >= 11 is 1.64. The average molecular weight is 193 g/mol. The van der Waals surface area contributed by atoms with Crippen LogP contribution in [0.15, 0.2) is 17.5 Å². The van der Waals surface area contributed by atoms with Crippen molar-refractivity contribution in [1.82, 2.24) is 0 Å². The SMILES string of the molecule is Cc1c(CO)cc(N)c2sccc12. The van der Waals surface area contributed by atoms with Crippen molar-refractivity contribution < 1.29 is 5.11 Å². The van der Waals surface area contributed by atoms with Gasteiger partial charge in [-0.15, -0.1) is 11.3 Å². The Balaban J connectivity index is 2.85. The molecule has 0 spiro atoms. The lowest BCUT2D eigenvalue weighted by atomic mass is 10.0. The van der Waals surface area contributed by atoms with Gasteiger partial charge in [-0.3, -0.25) is 0 Å². The molecule has 0 saturated heterocycles. The van der Waals surface area contributed by atoms with Gasteiger partial charge in [0.25, 0.3) is 0 Å². The highest BCUT2D eigenvalue weighted by Crippen LogP contribution is 2.31. The molecule has 0 aliphatic heterocycles. The number of hydrogen-bond acceptors (Lipinski definition) is 3. The largest absolute Gasteiger partial charge is 0.398 e. The van der Waals surface area contributed by atoms with Gasteiger partial charge in [0.05, 0.1) is 11.3 Å². The van der Waals surface area contributed by atoms with E-state index in [0.29, 0.717) is 0 Å². The van der Waals surface area contributed by atoms with Crippen LogP contribution in [-0.4, -0.2) is 5.11 Å². The molecule has 1 aromatic carbocycles. The van der Waals surface area contributed by atoms with E-state index in [4.69, 9.17) is 10.8 Å². The number of nitrogen functional groups attached to an aromatic ring is 1. The molecular formula is C10H11NOS. The third-order valence-electron chi connectivity index (χ3n) is 2.31. The van der Waals surface area contributed by atoms with E-state index in [1.54, 1.807) is 11.3 Å². The lowest BCUT2D eigenvalue weighted by molar-refractivity contribution is 0.281. The van der Waals surface area contributed by atoms with Gasteiger partial charge in [0.1, 0.15) is 0 Å². The molecule has 0 saturated carbocycles. The first-order chi connectivity index (χ1) is 6.24. The summed E-state index contributed by atoms with van der Waals surface area (Å²) in [7, 11) is 0. The molecule has 2 aromatic rings. The van der Waals surface area contributed by atoms with E-state index in [2.05, 4.69) is 0 Å². The second-order valence-corrected chi connectivity index (χ2v) is 3.99. The minimum absolute atomic E-state index is 0.0574. The fraction of sp³-hybridized carbons (Fsp3) is 0.200. The minimum atomic E-state index is 0.0574. The minimum Gasteiger partial charge on any atom is -0.398 e. The van der Waals surface area contributed by atoms with Crippen LogP contribution in [0.25, 0.3) is 10.1 Å². The van der Waals surface area contributed by atoms with Crippen LogP contribution in [0.4, 0.5) is 5.69 Å². The predicted molar refractivity (Wildman–Crippen MR) is 56.9 cm³/mol. The Morgan fingerprint density at radius 1 is 1.54 bits per heavy atom. The molecule has 0 amide bonds. The Bertz CT molecular complexity index is 447. The summed E-state index contributed by atoms with van der Waals surface area (Å²) in [6.45, 7) is 2.07. The summed E-state index contributed by atoms with van der Waals surface area (Å²) in [6, 6.07) is 3.90. The van der Waals surface area contributed by atoms with Gasteiger partial charge >= 0.3 is 0 Å². The van der Waals surface area contributed by atoms with E-state index >= 15 is 0 Å². The molecule has 3 heteroatoms. The van der Waals surface area contributed by atoms with Crippen molar-refractivity contribution in [3.8, 4) is 0 Å². The molecule has 2 nitrogen and oxygen atoms in total. The standard InChI is InChI=1S/C10H11NOS/c1-6-7(5-12)4-9(11)10-8(6)2-3-13-10/h2-4,12H,5,11H2,1H3. The monoisotopic (exact) mass is 193 g/mol. The normalized spacial score (nSPS) is 10.9. The number of aliphatic hydroxyl groups is 1. The van der Waals surface area contributed by atoms with Gasteiger partial charge < -0.3 is 10.8 Å². The zero-order chi connectivity index (χ0) is 9.42. The Labute approximate surface area is 80.6 Å². The second-order valence-electron chi connectivity index (χ2n) is 3.07. The van der Waals surface area contributed by atoms with Gasteiger partial charge in [-0.05, 0) is 40.9 Å². The number of hydrogen-bond donors (Lipinski definition) is 2. The molecular weight excluding hydrogens is 182 g/mol. The number of aliphatic hydroxyl groups excluding tert-OH is 1. The van der Waals surface area contributed by atoms with Crippen LogP contribution >= 0.6 is 11.3 Å². The second kappa shape index (κ2) is 3.01. The van der Waals surface area contributed by atoms with E-state index in [0.717, 1.165) is 26.9 Å². The summed E-state index contributed by atoms with van der Waals surface area (Å²) in [5.41, 5.74) is 8.66. The van der Waals surface area contributed by atoms with E-state index in [-0.39, 0.29) is 6.61 Å². The van der Waals surface area contributed by atoms with Crippen molar-refractivity contribution in [2.45, 2.75) is 13.5 Å². The number of rotatable bonds is 1. The van der Waals surface area contributed by atoms with Crippen LogP contribution in [0.5, 0.6) is 0 Å². The molecule has 0 atom stereocenters. The third kappa shape index (κ3) is 1.20. The molecule has 0 bridgehead atoms. The lowest BCUT2D eigenvalue weighted by Crippen LogP contribution is -1.93. The highest BCUT2D eigenvalue weighted by molar-refractivity contribution is 7.17. The maximum atomic E-state index is 9.09. The zero-order valence-corrected chi connectivity index (χ0v) is 8.19. The lowest BCUT2D eigenvalue weighted by Gasteiger charge is -2.06. The van der Waals surface area contributed by atoms with Gasteiger partial charge in [-0.25, -0.2) is 0 Å². The number of thiophene rings is 1. The average Bonchev–Trinajstić information content (AvgIpc) is 2.60. The summed E-state index contributed by atoms with van der Waals surface area (Å²) in [6.07, 6.45) is 0. The van der Waals surface area contributed by atoms with Crippen LogP contribution in [0.2, 0.25) is 0 Å². The molecule has 3 N–H and O–H groups in total. The van der Waals surface area contributed by atoms with Crippen LogP contribution in [0.1, 0.15) is 11.1 Å². The smallest absolute Gasteiger partial charge is 0.0685 e. The molecule has 0 unspecified atom stereocenters. The molecule has 13 heavy (non-hydrogen) atoms. The molecule has 0 fully saturated rings. The van der Waals surface area contributed by atoms with Crippen LogP contribution in [0.3, 0.4) is 0 Å². The first kappa shape index (κ1) is 8.53. The van der Waals surface area contributed by atoms with Gasteiger partial charge in [0.15, 0.2) is 0 Å². The van der Waals surface area contributed by atoms with Gasteiger partial charge in [0, 0.05) is 5.69 Å². The number of aryl methyl sites for hydroxylation is 1. The molecule has 68 valence electrons. The molecule has 0 radical (unpaired) electrons. The van der Waals surface area contributed by atoms with Crippen molar-refractivity contribution in [2.75, 3.05) is 5.73 Å². The molecule has 1 aromatic heterocycles. The fourth-order valence-electron chi connectivity index (χ4n) is 1.53. The van der Waals surface area contributed by atoms with Gasteiger partial charge in [-0.2, -0.15) is 0 Å². The van der Waals surface area contributed by atoms with E-state index in [1.807, 2.05) is 24.4 Å². The van der Waals surface area contributed by atoms with Crippen molar-refractivity contribution >= 4 is 27.1 Å². The van der Waals surface area contributed by atoms with Crippen molar-refractivity contribution in [3.63, 3.8) is 0 Å². The maximum Gasteiger partial charge on any atom is 0.0685 e. The fourth-order valence-corrected chi connectivity index (χ4v) is 2.41. The predicted octanol–water partition coefficient (Wildman–Crippen LogP) is 2.28. The van der Waals surface area contributed by atoms with E-state index in [1.165, 1.54) is 0 Å². The quantitative estimate of drug-likeness (QED) is 0.682. The first-order valence-corrected chi connectivity index (χ1v) is 4.98. The highest BCUT2D eigenvalue weighted by Gasteiger charge is 2.06. The Hall–Kier alpha value is -1.06. The Morgan fingerprint density at radius 2 is 2.31 bits per heavy atom. The number of anilines is 1. The summed E-state index contributed by atoms with van der Waals surface area (Å²) in [5, 5.41) is 12.3. The van der Waals surface area contributed by atoms with Crippen LogP contribution < -0.4 is 5.73 Å². The van der Waals surface area contributed by atoms with Crippen molar-refractivity contribution in [1.29, 1.82) is 0 Å². The van der Waals surface area contributed by atoms with Gasteiger partial charge in [-0.1, -0.05) is 0 Å². The molecule has 0 aliphatic carbocycles. The molecule has 0 aliphatic rings. The Kier molecular flexibility index (Phi) is 1.98. The third-order valence-corrected chi connectivity index (χ3v) is 3.28. The van der Waals surface area contributed by atoms with Crippen LogP contribution in [-0.2, 0) is 6.61 Å². The topological polar surface area (TPSA) is 46.2 Å². The first-order valence-electron chi connectivity index (χ1n) is 4.10. The maximum absolute atomic E-state index is 9.09. The Morgan fingerprint density at radius 3 is 3.00 bits per heavy atom. The van der Waals surface area contributed by atoms with E-state index in [9.17, 15) is 0 Å². The van der Waals surface area contributed by atoms with Crippen molar-refractivity contribution in [2.24, 2.45) is 0 Å². The summed E-state index contributed by atoms with van der Waals surface area (Å²) in [5.74, 6) is 0. The zero-order valence-electron chi connectivity index (χ0n) is 7.37. The summed E-state index contributed by atoms with van der Waals surface area (Å²) in [4.78, 5) is 0. The number of nitrogens with two attached hydrogens (primary N) is 1. The van der Waals surface area contributed by atoms with Crippen molar-refractivity contribution in [3.05, 3.63) is 28.6 Å².